The van der Waals surface area contributed by atoms with Crippen LogP contribution in [0.4, 0.5) is 5.69 Å². The third-order valence-corrected chi connectivity index (χ3v) is 4.26. The van der Waals surface area contributed by atoms with Crippen LogP contribution in [0.3, 0.4) is 0 Å². The quantitative estimate of drug-likeness (QED) is 0.757. The lowest BCUT2D eigenvalue weighted by atomic mass is 9.82. The zero-order valence-electron chi connectivity index (χ0n) is 11.9. The molecule has 0 bridgehead atoms. The molecule has 1 aromatic carbocycles. The minimum atomic E-state index is -0.507. The molecule has 1 aliphatic rings. The summed E-state index contributed by atoms with van der Waals surface area (Å²) in [6.45, 7) is -0.0358. The fourth-order valence-corrected chi connectivity index (χ4v) is 3.03. The van der Waals surface area contributed by atoms with Crippen molar-refractivity contribution in [1.82, 2.24) is 5.32 Å². The van der Waals surface area contributed by atoms with E-state index >= 15 is 0 Å². The lowest BCUT2D eigenvalue weighted by molar-refractivity contribution is 0.0735. The molecule has 0 unspecified atom stereocenters. The topological polar surface area (TPSA) is 88.5 Å². The van der Waals surface area contributed by atoms with Crippen LogP contribution in [0, 0.1) is 0 Å². The van der Waals surface area contributed by atoms with E-state index < -0.39 is 5.54 Å². The standard InChI is InChI=1S/C16H20N2O3/c17-12-4-5-13-11(8-12)9-14(21-13)15(20)18-16(10-19)6-2-1-3-7-16/h4-5,8-9,19H,1-3,6-7,10,17H2,(H,18,20). The Morgan fingerprint density at radius 1 is 1.29 bits per heavy atom. The maximum absolute atomic E-state index is 12.4. The van der Waals surface area contributed by atoms with Crippen LogP contribution in [-0.2, 0) is 0 Å². The Balaban J connectivity index is 1.82. The average Bonchev–Trinajstić information content (AvgIpc) is 2.91. The minimum absolute atomic E-state index is 0.0358. The molecule has 3 rings (SSSR count). The van der Waals surface area contributed by atoms with Crippen LogP contribution in [0.25, 0.3) is 11.0 Å². The second-order valence-corrected chi connectivity index (χ2v) is 5.86. The van der Waals surface area contributed by atoms with Crippen molar-refractivity contribution in [1.29, 1.82) is 0 Å². The monoisotopic (exact) mass is 288 g/mol. The number of rotatable bonds is 3. The average molecular weight is 288 g/mol. The Kier molecular flexibility index (Phi) is 3.59. The Bertz CT molecular complexity index is 657. The number of carbonyl (C=O) groups excluding carboxylic acids is 1. The van der Waals surface area contributed by atoms with Gasteiger partial charge < -0.3 is 20.6 Å². The predicted octanol–water partition coefficient (Wildman–Crippen LogP) is 2.44. The molecule has 1 fully saturated rings. The van der Waals surface area contributed by atoms with Gasteiger partial charge in [0.15, 0.2) is 5.76 Å². The summed E-state index contributed by atoms with van der Waals surface area (Å²) < 4.78 is 5.57. The number of hydrogen-bond donors (Lipinski definition) is 3. The first kappa shape index (κ1) is 13.9. The SMILES string of the molecule is Nc1ccc2oc(C(=O)NC3(CO)CCCCC3)cc2c1. The molecule has 21 heavy (non-hydrogen) atoms. The first-order valence-corrected chi connectivity index (χ1v) is 7.34. The molecule has 0 atom stereocenters. The van der Waals surface area contributed by atoms with Gasteiger partial charge >= 0.3 is 0 Å². The van der Waals surface area contributed by atoms with Crippen LogP contribution in [0.1, 0.15) is 42.7 Å². The Hall–Kier alpha value is -2.01. The summed E-state index contributed by atoms with van der Waals surface area (Å²) in [6, 6.07) is 6.96. The van der Waals surface area contributed by atoms with E-state index in [1.165, 1.54) is 0 Å². The summed E-state index contributed by atoms with van der Waals surface area (Å²) in [6.07, 6.45) is 4.82. The smallest absolute Gasteiger partial charge is 0.287 e. The molecule has 5 nitrogen and oxygen atoms in total. The van der Waals surface area contributed by atoms with Gasteiger partial charge in [-0.25, -0.2) is 0 Å². The van der Waals surface area contributed by atoms with Gasteiger partial charge in [0, 0.05) is 11.1 Å². The van der Waals surface area contributed by atoms with Gasteiger partial charge in [0.2, 0.25) is 0 Å². The van der Waals surface area contributed by atoms with Crippen molar-refractivity contribution in [3.63, 3.8) is 0 Å². The van der Waals surface area contributed by atoms with Crippen molar-refractivity contribution in [2.45, 2.75) is 37.6 Å². The highest BCUT2D eigenvalue weighted by atomic mass is 16.3. The van der Waals surface area contributed by atoms with Gasteiger partial charge in [0.05, 0.1) is 12.1 Å². The summed E-state index contributed by atoms with van der Waals surface area (Å²) in [4.78, 5) is 12.4. The number of nitrogen functional groups attached to an aromatic ring is 1. The summed E-state index contributed by atoms with van der Waals surface area (Å²) in [5, 5.41) is 13.4. The van der Waals surface area contributed by atoms with Crippen LogP contribution in [-0.4, -0.2) is 23.2 Å². The predicted molar refractivity (Wildman–Crippen MR) is 81.0 cm³/mol. The normalized spacial score (nSPS) is 17.8. The van der Waals surface area contributed by atoms with E-state index in [9.17, 15) is 9.90 Å². The third-order valence-electron chi connectivity index (χ3n) is 4.26. The second-order valence-electron chi connectivity index (χ2n) is 5.86. The fraction of sp³-hybridized carbons (Fsp3) is 0.438. The molecule has 0 aliphatic heterocycles. The molecule has 0 saturated heterocycles. The molecular formula is C16H20N2O3. The first-order valence-electron chi connectivity index (χ1n) is 7.34. The van der Waals surface area contributed by atoms with E-state index in [0.29, 0.717) is 11.3 Å². The molecule has 1 aromatic heterocycles. The number of amides is 1. The summed E-state index contributed by atoms with van der Waals surface area (Å²) in [5.41, 5.74) is 6.49. The summed E-state index contributed by atoms with van der Waals surface area (Å²) in [5.74, 6) is -0.0188. The molecule has 5 heteroatoms. The zero-order valence-corrected chi connectivity index (χ0v) is 11.9. The minimum Gasteiger partial charge on any atom is -0.451 e. The maximum Gasteiger partial charge on any atom is 0.287 e. The molecule has 1 amide bonds. The van der Waals surface area contributed by atoms with Gasteiger partial charge in [-0.1, -0.05) is 19.3 Å². The first-order chi connectivity index (χ1) is 10.1. The van der Waals surface area contributed by atoms with Crippen LogP contribution in [0.2, 0.25) is 0 Å². The Labute approximate surface area is 123 Å². The van der Waals surface area contributed by atoms with E-state index in [4.69, 9.17) is 10.2 Å². The molecule has 1 aliphatic carbocycles. The third kappa shape index (κ3) is 2.74. The molecule has 1 heterocycles. The van der Waals surface area contributed by atoms with E-state index in [2.05, 4.69) is 5.32 Å². The Morgan fingerprint density at radius 3 is 2.76 bits per heavy atom. The van der Waals surface area contributed by atoms with Crippen molar-refractivity contribution in [3.05, 3.63) is 30.0 Å². The number of aliphatic hydroxyl groups is 1. The number of hydrogen-bond acceptors (Lipinski definition) is 4. The molecule has 112 valence electrons. The number of carbonyl (C=O) groups is 1. The molecule has 1 saturated carbocycles. The van der Waals surface area contributed by atoms with E-state index in [1.54, 1.807) is 24.3 Å². The number of fused-ring (bicyclic) bond motifs is 1. The maximum atomic E-state index is 12.4. The van der Waals surface area contributed by atoms with Gasteiger partial charge in [0.1, 0.15) is 5.58 Å². The molecule has 2 aromatic rings. The van der Waals surface area contributed by atoms with Crippen LogP contribution >= 0.6 is 0 Å². The number of furan rings is 1. The lowest BCUT2D eigenvalue weighted by Crippen LogP contribution is -2.52. The van der Waals surface area contributed by atoms with E-state index in [0.717, 1.165) is 37.5 Å². The molecule has 0 spiro atoms. The van der Waals surface area contributed by atoms with Gasteiger partial charge in [-0.15, -0.1) is 0 Å². The van der Waals surface area contributed by atoms with Crippen LogP contribution in [0.5, 0.6) is 0 Å². The number of nitrogens with one attached hydrogen (secondary N) is 1. The molecule has 4 N–H and O–H groups in total. The van der Waals surface area contributed by atoms with Crippen molar-refractivity contribution < 1.29 is 14.3 Å². The van der Waals surface area contributed by atoms with Crippen molar-refractivity contribution >= 4 is 22.6 Å². The van der Waals surface area contributed by atoms with Gasteiger partial charge in [-0.2, -0.15) is 0 Å². The lowest BCUT2D eigenvalue weighted by Gasteiger charge is -2.36. The van der Waals surface area contributed by atoms with Gasteiger partial charge in [0.25, 0.3) is 5.91 Å². The number of anilines is 1. The second kappa shape index (κ2) is 5.41. The van der Waals surface area contributed by atoms with E-state index in [-0.39, 0.29) is 18.3 Å². The zero-order chi connectivity index (χ0) is 14.9. The van der Waals surface area contributed by atoms with Crippen LogP contribution in [0.15, 0.2) is 28.7 Å². The highest BCUT2D eigenvalue weighted by Crippen LogP contribution is 2.29. The fourth-order valence-electron chi connectivity index (χ4n) is 3.03. The number of benzene rings is 1. The van der Waals surface area contributed by atoms with Crippen LogP contribution < -0.4 is 11.1 Å². The van der Waals surface area contributed by atoms with Crippen molar-refractivity contribution in [2.75, 3.05) is 12.3 Å². The van der Waals surface area contributed by atoms with Crippen molar-refractivity contribution in [3.8, 4) is 0 Å². The van der Waals surface area contributed by atoms with E-state index in [1.807, 2.05) is 0 Å². The number of nitrogens with two attached hydrogens (primary N) is 1. The van der Waals surface area contributed by atoms with Crippen molar-refractivity contribution in [2.24, 2.45) is 0 Å². The highest BCUT2D eigenvalue weighted by Gasteiger charge is 2.33. The number of aliphatic hydroxyl groups excluding tert-OH is 1. The highest BCUT2D eigenvalue weighted by molar-refractivity contribution is 5.97. The molecular weight excluding hydrogens is 268 g/mol. The summed E-state index contributed by atoms with van der Waals surface area (Å²) >= 11 is 0. The summed E-state index contributed by atoms with van der Waals surface area (Å²) in [7, 11) is 0. The molecule has 0 radical (unpaired) electrons. The Morgan fingerprint density at radius 2 is 2.05 bits per heavy atom. The largest absolute Gasteiger partial charge is 0.451 e. The van der Waals surface area contributed by atoms with Gasteiger partial charge in [-0.3, -0.25) is 4.79 Å². The van der Waals surface area contributed by atoms with Gasteiger partial charge in [-0.05, 0) is 37.1 Å².